The van der Waals surface area contributed by atoms with E-state index in [1.54, 1.807) is 11.8 Å². The van der Waals surface area contributed by atoms with E-state index in [0.717, 1.165) is 24.4 Å². The van der Waals surface area contributed by atoms with Gasteiger partial charge in [-0.25, -0.2) is 0 Å². The van der Waals surface area contributed by atoms with E-state index in [-0.39, 0.29) is 5.91 Å². The Hall–Kier alpha value is -1.74. The lowest BCUT2D eigenvalue weighted by Crippen LogP contribution is -2.30. The maximum Gasteiger partial charge on any atom is 0.237 e. The Labute approximate surface area is 136 Å². The van der Waals surface area contributed by atoms with Gasteiger partial charge in [-0.3, -0.25) is 4.79 Å². The molecule has 0 bridgehead atoms. The van der Waals surface area contributed by atoms with Crippen LogP contribution in [-0.4, -0.2) is 18.2 Å². The Balaban J connectivity index is 1.58. The van der Waals surface area contributed by atoms with Gasteiger partial charge in [-0.15, -0.1) is 11.8 Å². The van der Waals surface area contributed by atoms with Crippen LogP contribution in [0.15, 0.2) is 42.5 Å². The number of hydrogen-bond acceptors (Lipinski definition) is 2. The number of aryl methyl sites for hydroxylation is 2. The number of nitrogens with zero attached hydrogens (tertiary/aromatic N) is 1. The van der Waals surface area contributed by atoms with Crippen LogP contribution < -0.4 is 4.90 Å². The molecule has 0 spiro atoms. The van der Waals surface area contributed by atoms with Gasteiger partial charge in [0, 0.05) is 18.0 Å². The molecule has 114 valence electrons. The van der Waals surface area contributed by atoms with Gasteiger partial charge in [0.15, 0.2) is 0 Å². The van der Waals surface area contributed by atoms with E-state index in [4.69, 9.17) is 0 Å². The molecule has 0 saturated heterocycles. The predicted octanol–water partition coefficient (Wildman–Crippen LogP) is 4.13. The normalized spacial score (nSPS) is 13.3. The smallest absolute Gasteiger partial charge is 0.237 e. The van der Waals surface area contributed by atoms with Crippen LogP contribution in [0, 0.1) is 13.8 Å². The third kappa shape index (κ3) is 3.20. The first-order valence-corrected chi connectivity index (χ1v) is 8.83. The Morgan fingerprint density at radius 2 is 2.00 bits per heavy atom. The number of benzene rings is 2. The van der Waals surface area contributed by atoms with Gasteiger partial charge >= 0.3 is 0 Å². The van der Waals surface area contributed by atoms with E-state index in [1.165, 1.54) is 22.3 Å². The van der Waals surface area contributed by atoms with Gasteiger partial charge in [0.2, 0.25) is 5.91 Å². The maximum atomic E-state index is 12.5. The molecule has 3 heteroatoms. The van der Waals surface area contributed by atoms with Gasteiger partial charge in [0.25, 0.3) is 0 Å². The van der Waals surface area contributed by atoms with E-state index in [9.17, 15) is 4.79 Å². The van der Waals surface area contributed by atoms with Gasteiger partial charge in [0.05, 0.1) is 5.75 Å². The third-order valence-electron chi connectivity index (χ3n) is 4.18. The average Bonchev–Trinajstić information content (AvgIpc) is 2.94. The van der Waals surface area contributed by atoms with Crippen LogP contribution in [0.25, 0.3) is 0 Å². The number of carbonyl (C=O) groups is 1. The molecule has 2 aromatic rings. The molecule has 2 nitrogen and oxygen atoms in total. The first-order valence-electron chi connectivity index (χ1n) is 7.67. The molecular formula is C19H21NOS. The van der Waals surface area contributed by atoms with Crippen molar-refractivity contribution in [2.75, 3.05) is 17.2 Å². The number of rotatable bonds is 4. The fourth-order valence-corrected chi connectivity index (χ4v) is 3.84. The van der Waals surface area contributed by atoms with Crippen molar-refractivity contribution in [1.82, 2.24) is 0 Å². The number of anilines is 1. The Morgan fingerprint density at radius 3 is 2.86 bits per heavy atom. The van der Waals surface area contributed by atoms with Crippen molar-refractivity contribution in [3.05, 3.63) is 64.7 Å². The lowest BCUT2D eigenvalue weighted by Gasteiger charge is -2.17. The van der Waals surface area contributed by atoms with Crippen molar-refractivity contribution < 1.29 is 4.79 Å². The highest BCUT2D eigenvalue weighted by molar-refractivity contribution is 7.99. The minimum Gasteiger partial charge on any atom is -0.311 e. The van der Waals surface area contributed by atoms with Crippen LogP contribution in [0.1, 0.15) is 22.3 Å². The second kappa shape index (κ2) is 6.57. The molecule has 0 unspecified atom stereocenters. The zero-order valence-corrected chi connectivity index (χ0v) is 14.0. The minimum atomic E-state index is 0.222. The second-order valence-electron chi connectivity index (χ2n) is 5.85. The van der Waals surface area contributed by atoms with Gasteiger partial charge in [0.1, 0.15) is 0 Å². The Kier molecular flexibility index (Phi) is 4.53. The van der Waals surface area contributed by atoms with Gasteiger partial charge in [-0.1, -0.05) is 42.0 Å². The van der Waals surface area contributed by atoms with Gasteiger partial charge < -0.3 is 4.90 Å². The molecular weight excluding hydrogens is 290 g/mol. The van der Waals surface area contributed by atoms with Crippen molar-refractivity contribution in [3.63, 3.8) is 0 Å². The highest BCUT2D eigenvalue weighted by Crippen LogP contribution is 2.28. The molecule has 1 aliphatic heterocycles. The molecule has 3 rings (SSSR count). The summed E-state index contributed by atoms with van der Waals surface area (Å²) in [7, 11) is 0. The van der Waals surface area contributed by atoms with E-state index < -0.39 is 0 Å². The van der Waals surface area contributed by atoms with Crippen LogP contribution in [0.4, 0.5) is 5.69 Å². The molecule has 1 heterocycles. The molecule has 0 saturated carbocycles. The summed E-state index contributed by atoms with van der Waals surface area (Å²) >= 11 is 1.71. The first kappa shape index (κ1) is 15.2. The first-order chi connectivity index (χ1) is 10.6. The number of hydrogen-bond donors (Lipinski definition) is 0. The Bertz CT molecular complexity index is 696. The molecule has 0 N–H and O–H groups in total. The van der Waals surface area contributed by atoms with Crippen LogP contribution in [0.5, 0.6) is 0 Å². The van der Waals surface area contributed by atoms with E-state index in [2.05, 4.69) is 44.2 Å². The number of carbonyl (C=O) groups excluding carboxylic acids is 1. The van der Waals surface area contributed by atoms with E-state index >= 15 is 0 Å². The van der Waals surface area contributed by atoms with Crippen molar-refractivity contribution >= 4 is 23.4 Å². The SMILES string of the molecule is Cc1ccc(C)c(CSCC(=O)N2CCc3ccccc32)c1. The van der Waals surface area contributed by atoms with Crippen LogP contribution in [0.2, 0.25) is 0 Å². The van der Waals surface area contributed by atoms with Crippen molar-refractivity contribution in [2.45, 2.75) is 26.0 Å². The average molecular weight is 311 g/mol. The van der Waals surface area contributed by atoms with Gasteiger partial charge in [-0.2, -0.15) is 0 Å². The molecule has 0 atom stereocenters. The topological polar surface area (TPSA) is 20.3 Å². The number of amides is 1. The van der Waals surface area contributed by atoms with E-state index in [1.807, 2.05) is 17.0 Å². The highest BCUT2D eigenvalue weighted by atomic mass is 32.2. The molecule has 22 heavy (non-hydrogen) atoms. The number of thioether (sulfide) groups is 1. The predicted molar refractivity (Wildman–Crippen MR) is 94.6 cm³/mol. The molecule has 1 aliphatic rings. The summed E-state index contributed by atoms with van der Waals surface area (Å²) < 4.78 is 0. The number of para-hydroxylation sites is 1. The van der Waals surface area contributed by atoms with Crippen LogP contribution in [0.3, 0.4) is 0 Å². The summed E-state index contributed by atoms with van der Waals surface area (Å²) in [5, 5.41) is 0. The van der Waals surface area contributed by atoms with E-state index in [0.29, 0.717) is 5.75 Å². The quantitative estimate of drug-likeness (QED) is 0.846. The minimum absolute atomic E-state index is 0.222. The molecule has 0 fully saturated rings. The summed E-state index contributed by atoms with van der Waals surface area (Å²) in [6.45, 7) is 5.07. The van der Waals surface area contributed by atoms with Crippen molar-refractivity contribution in [1.29, 1.82) is 0 Å². The van der Waals surface area contributed by atoms with Crippen LogP contribution >= 0.6 is 11.8 Å². The molecule has 2 aromatic carbocycles. The summed E-state index contributed by atoms with van der Waals surface area (Å²) in [6, 6.07) is 14.7. The van der Waals surface area contributed by atoms with Crippen molar-refractivity contribution in [2.24, 2.45) is 0 Å². The third-order valence-corrected chi connectivity index (χ3v) is 5.14. The lowest BCUT2D eigenvalue weighted by atomic mass is 10.1. The lowest BCUT2D eigenvalue weighted by molar-refractivity contribution is -0.116. The summed E-state index contributed by atoms with van der Waals surface area (Å²) in [5.41, 5.74) is 6.30. The molecule has 0 aromatic heterocycles. The van der Waals surface area contributed by atoms with Crippen molar-refractivity contribution in [3.8, 4) is 0 Å². The highest BCUT2D eigenvalue weighted by Gasteiger charge is 2.23. The molecule has 0 radical (unpaired) electrons. The summed E-state index contributed by atoms with van der Waals surface area (Å²) in [4.78, 5) is 14.4. The second-order valence-corrected chi connectivity index (χ2v) is 6.83. The fraction of sp³-hybridized carbons (Fsp3) is 0.316. The fourth-order valence-electron chi connectivity index (χ4n) is 2.88. The summed E-state index contributed by atoms with van der Waals surface area (Å²) in [6.07, 6.45) is 0.976. The van der Waals surface area contributed by atoms with Gasteiger partial charge in [-0.05, 0) is 43.0 Å². The van der Waals surface area contributed by atoms with Crippen LogP contribution in [-0.2, 0) is 17.0 Å². The maximum absolute atomic E-state index is 12.5. The zero-order chi connectivity index (χ0) is 15.5. The molecule has 0 aliphatic carbocycles. The Morgan fingerprint density at radius 1 is 1.18 bits per heavy atom. The monoisotopic (exact) mass is 311 g/mol. The number of fused-ring (bicyclic) bond motifs is 1. The standard InChI is InChI=1S/C19H21NOS/c1-14-7-8-15(2)17(11-14)12-22-13-19(21)20-10-9-16-5-3-4-6-18(16)20/h3-8,11H,9-10,12-13H2,1-2H3. The largest absolute Gasteiger partial charge is 0.311 e. The summed E-state index contributed by atoms with van der Waals surface area (Å²) in [5.74, 6) is 1.66. The zero-order valence-electron chi connectivity index (χ0n) is 13.1. The molecule has 1 amide bonds.